The molecule has 2 aromatic rings. The Kier molecular flexibility index (Phi) is 8.03. The topological polar surface area (TPSA) is 79.5 Å². The molecule has 0 heterocycles. The van der Waals surface area contributed by atoms with Gasteiger partial charge in [0.1, 0.15) is 5.75 Å². The summed E-state index contributed by atoms with van der Waals surface area (Å²) in [4.78, 5) is 24.0. The van der Waals surface area contributed by atoms with Crippen molar-refractivity contribution in [3.05, 3.63) is 59.1 Å². The quantitative estimate of drug-likeness (QED) is 0.370. The number of carbonyl (C=O) groups excluding carboxylic acids is 2. The van der Waals surface area contributed by atoms with Crippen LogP contribution in [0, 0.1) is 0 Å². The zero-order valence-corrected chi connectivity index (χ0v) is 16.3. The van der Waals surface area contributed by atoms with Gasteiger partial charge >= 0.3 is 0 Å². The first-order chi connectivity index (χ1) is 13.0. The number of benzene rings is 2. The first-order valence-electron chi connectivity index (χ1n) is 8.35. The normalized spacial score (nSPS) is 10.0. The van der Waals surface area contributed by atoms with Crippen molar-refractivity contribution >= 4 is 46.3 Å². The van der Waals surface area contributed by atoms with Crippen molar-refractivity contribution in [3.8, 4) is 5.75 Å². The minimum absolute atomic E-state index is 0.0442. The zero-order valence-electron chi connectivity index (χ0n) is 14.8. The number of nitrogens with one attached hydrogen (secondary N) is 3. The molecule has 0 saturated carbocycles. The molecule has 8 heteroatoms. The lowest BCUT2D eigenvalue weighted by molar-refractivity contribution is -0.121. The van der Waals surface area contributed by atoms with Crippen molar-refractivity contribution in [2.24, 2.45) is 0 Å². The second kappa shape index (κ2) is 10.5. The number of ether oxygens (including phenoxy) is 1. The van der Waals surface area contributed by atoms with E-state index >= 15 is 0 Å². The molecule has 0 unspecified atom stereocenters. The first kappa shape index (κ1) is 20.7. The number of carbonyl (C=O) groups is 2. The summed E-state index contributed by atoms with van der Waals surface area (Å²) < 4.78 is 5.33. The molecule has 0 bridgehead atoms. The molecule has 6 nitrogen and oxygen atoms in total. The largest absolute Gasteiger partial charge is 0.494 e. The predicted octanol–water partition coefficient (Wildman–Crippen LogP) is 3.72. The second-order valence-corrected chi connectivity index (χ2v) is 6.36. The van der Waals surface area contributed by atoms with Crippen LogP contribution in [0.3, 0.4) is 0 Å². The van der Waals surface area contributed by atoms with Gasteiger partial charge in [-0.2, -0.15) is 0 Å². The van der Waals surface area contributed by atoms with Gasteiger partial charge < -0.3 is 10.1 Å². The summed E-state index contributed by atoms with van der Waals surface area (Å²) in [5, 5.41) is 3.74. The van der Waals surface area contributed by atoms with Gasteiger partial charge in [0.05, 0.1) is 6.61 Å². The molecular weight excluding hydrogens is 386 g/mol. The van der Waals surface area contributed by atoms with Gasteiger partial charge in [-0.3, -0.25) is 20.4 Å². The molecule has 2 rings (SSSR count). The highest BCUT2D eigenvalue weighted by molar-refractivity contribution is 7.80. The number of hydrazine groups is 1. The second-order valence-electron chi connectivity index (χ2n) is 5.51. The van der Waals surface area contributed by atoms with E-state index in [1.807, 2.05) is 6.92 Å². The van der Waals surface area contributed by atoms with Gasteiger partial charge in [-0.05, 0) is 67.7 Å². The minimum atomic E-state index is -0.338. The highest BCUT2D eigenvalue weighted by atomic mass is 35.5. The van der Waals surface area contributed by atoms with Crippen molar-refractivity contribution in [2.45, 2.75) is 19.8 Å². The summed E-state index contributed by atoms with van der Waals surface area (Å²) in [6.07, 6.45) is 0.140. The van der Waals surface area contributed by atoms with Crippen molar-refractivity contribution in [1.82, 2.24) is 10.9 Å². The lowest BCUT2D eigenvalue weighted by Gasteiger charge is -2.11. The molecule has 0 spiro atoms. The fourth-order valence-electron chi connectivity index (χ4n) is 2.16. The van der Waals surface area contributed by atoms with E-state index in [1.165, 1.54) is 0 Å². The van der Waals surface area contributed by atoms with Gasteiger partial charge in [-0.15, -0.1) is 0 Å². The molecule has 0 atom stereocenters. The third-order valence-electron chi connectivity index (χ3n) is 3.48. The maximum Gasteiger partial charge on any atom is 0.238 e. The number of Topliss-reactive ketones (excluding diaryl/α,β-unsaturated/α-hetero) is 1. The van der Waals surface area contributed by atoms with E-state index in [0.29, 0.717) is 22.9 Å². The molecule has 0 fully saturated rings. The van der Waals surface area contributed by atoms with Crippen LogP contribution in [0.1, 0.15) is 30.1 Å². The summed E-state index contributed by atoms with van der Waals surface area (Å²) in [6.45, 7) is 2.46. The molecule has 1 amide bonds. The molecule has 0 aliphatic heterocycles. The van der Waals surface area contributed by atoms with Crippen molar-refractivity contribution < 1.29 is 14.3 Å². The number of halogens is 1. The average molecular weight is 406 g/mol. The Morgan fingerprint density at radius 2 is 1.67 bits per heavy atom. The van der Waals surface area contributed by atoms with Gasteiger partial charge in [0.25, 0.3) is 0 Å². The minimum Gasteiger partial charge on any atom is -0.494 e. The molecular formula is C19H20ClN3O3S. The Bertz CT molecular complexity index is 795. The first-order valence-corrected chi connectivity index (χ1v) is 9.14. The molecule has 0 aliphatic carbocycles. The van der Waals surface area contributed by atoms with Crippen LogP contribution in [-0.2, 0) is 4.79 Å². The Balaban J connectivity index is 1.71. The smallest absolute Gasteiger partial charge is 0.238 e. The van der Waals surface area contributed by atoms with Crippen LogP contribution in [0.25, 0.3) is 0 Å². The Morgan fingerprint density at radius 1 is 1.00 bits per heavy atom. The van der Waals surface area contributed by atoms with E-state index in [1.54, 1.807) is 48.5 Å². The van der Waals surface area contributed by atoms with Crippen LogP contribution in [0.4, 0.5) is 5.69 Å². The Morgan fingerprint density at radius 3 is 2.30 bits per heavy atom. The monoisotopic (exact) mass is 405 g/mol. The zero-order chi connectivity index (χ0) is 19.6. The Hall–Kier alpha value is -2.64. The number of rotatable bonds is 7. The van der Waals surface area contributed by atoms with E-state index in [2.05, 4.69) is 16.2 Å². The van der Waals surface area contributed by atoms with Crippen molar-refractivity contribution in [1.29, 1.82) is 0 Å². The van der Waals surface area contributed by atoms with E-state index in [0.717, 1.165) is 5.69 Å². The molecule has 0 saturated heterocycles. The van der Waals surface area contributed by atoms with Crippen molar-refractivity contribution in [2.75, 3.05) is 11.9 Å². The van der Waals surface area contributed by atoms with Crippen LogP contribution in [0.15, 0.2) is 48.5 Å². The van der Waals surface area contributed by atoms with Gasteiger partial charge in [0.15, 0.2) is 10.9 Å². The lowest BCUT2D eigenvalue weighted by atomic mass is 10.1. The highest BCUT2D eigenvalue weighted by Crippen LogP contribution is 2.14. The fourth-order valence-corrected chi connectivity index (χ4v) is 2.45. The summed E-state index contributed by atoms with van der Waals surface area (Å²) in [7, 11) is 0. The number of hydrogen-bond acceptors (Lipinski definition) is 4. The van der Waals surface area contributed by atoms with Crippen LogP contribution in [-0.4, -0.2) is 23.4 Å². The standard InChI is InChI=1S/C19H20ClN3O3S/c1-2-26-16-9-3-13(4-10-16)17(24)11-12-18(25)22-23-19(27)21-15-7-5-14(20)6-8-15/h3-10H,2,11-12H2,1H3,(H,22,25)(H2,21,23,27). The lowest BCUT2D eigenvalue weighted by Crippen LogP contribution is -2.43. The van der Waals surface area contributed by atoms with Gasteiger partial charge in [0.2, 0.25) is 5.91 Å². The van der Waals surface area contributed by atoms with E-state index in [-0.39, 0.29) is 29.6 Å². The molecule has 0 aromatic heterocycles. The highest BCUT2D eigenvalue weighted by Gasteiger charge is 2.10. The number of anilines is 1. The van der Waals surface area contributed by atoms with Crippen LogP contribution >= 0.6 is 23.8 Å². The summed E-state index contributed by atoms with van der Waals surface area (Å²) >= 11 is 10.9. The number of thiocarbonyl (C=S) groups is 1. The van der Waals surface area contributed by atoms with Gasteiger partial charge in [0, 0.05) is 29.1 Å². The molecule has 142 valence electrons. The molecule has 3 N–H and O–H groups in total. The SMILES string of the molecule is CCOc1ccc(C(=O)CCC(=O)NNC(=S)Nc2ccc(Cl)cc2)cc1. The van der Waals surface area contributed by atoms with E-state index in [9.17, 15) is 9.59 Å². The third kappa shape index (κ3) is 7.24. The van der Waals surface area contributed by atoms with Crippen LogP contribution in [0.2, 0.25) is 5.02 Å². The fraction of sp³-hybridized carbons (Fsp3) is 0.211. The Labute approximate surface area is 168 Å². The summed E-state index contributed by atoms with van der Waals surface area (Å²) in [5.41, 5.74) is 6.32. The van der Waals surface area contributed by atoms with Gasteiger partial charge in [-0.25, -0.2) is 0 Å². The molecule has 27 heavy (non-hydrogen) atoms. The van der Waals surface area contributed by atoms with Crippen LogP contribution in [0.5, 0.6) is 5.75 Å². The molecule has 0 radical (unpaired) electrons. The van der Waals surface area contributed by atoms with Gasteiger partial charge in [-0.1, -0.05) is 11.6 Å². The number of amides is 1. The predicted molar refractivity (Wildman–Crippen MR) is 110 cm³/mol. The summed E-state index contributed by atoms with van der Waals surface area (Å²) in [6, 6.07) is 13.8. The third-order valence-corrected chi connectivity index (χ3v) is 3.94. The maximum absolute atomic E-state index is 12.1. The maximum atomic E-state index is 12.1. The molecule has 0 aliphatic rings. The van der Waals surface area contributed by atoms with E-state index in [4.69, 9.17) is 28.6 Å². The van der Waals surface area contributed by atoms with Crippen LogP contribution < -0.4 is 20.9 Å². The number of ketones is 1. The summed E-state index contributed by atoms with van der Waals surface area (Å²) in [5.74, 6) is 0.252. The van der Waals surface area contributed by atoms with E-state index < -0.39 is 0 Å². The average Bonchev–Trinajstić information content (AvgIpc) is 2.67. The van der Waals surface area contributed by atoms with Crippen molar-refractivity contribution in [3.63, 3.8) is 0 Å². The number of hydrogen-bond donors (Lipinski definition) is 3. The molecule has 2 aromatic carbocycles.